The number of ether oxygens (including phenoxy) is 1. The highest BCUT2D eigenvalue weighted by molar-refractivity contribution is 5.37. The summed E-state index contributed by atoms with van der Waals surface area (Å²) in [6, 6.07) is 5.85. The van der Waals surface area contributed by atoms with E-state index in [0.717, 1.165) is 23.4 Å². The van der Waals surface area contributed by atoms with Crippen LogP contribution >= 0.6 is 0 Å². The van der Waals surface area contributed by atoms with Gasteiger partial charge in [0.1, 0.15) is 5.75 Å². The zero-order valence-corrected chi connectivity index (χ0v) is 12.0. The molecule has 3 heteroatoms. The van der Waals surface area contributed by atoms with Crippen LogP contribution in [-0.2, 0) is 0 Å². The van der Waals surface area contributed by atoms with Gasteiger partial charge in [-0.2, -0.15) is 0 Å². The van der Waals surface area contributed by atoms with Crippen molar-refractivity contribution in [1.29, 1.82) is 0 Å². The van der Waals surface area contributed by atoms with Crippen LogP contribution in [0.25, 0.3) is 0 Å². The molecular formula is C15H25NO2. The van der Waals surface area contributed by atoms with Crippen LogP contribution in [0.2, 0.25) is 0 Å². The van der Waals surface area contributed by atoms with Gasteiger partial charge in [-0.3, -0.25) is 0 Å². The van der Waals surface area contributed by atoms with Gasteiger partial charge in [0.25, 0.3) is 0 Å². The van der Waals surface area contributed by atoms with Crippen LogP contribution in [0.3, 0.4) is 0 Å². The number of benzene rings is 1. The lowest BCUT2D eigenvalue weighted by Crippen LogP contribution is -2.34. The molecule has 18 heavy (non-hydrogen) atoms. The highest BCUT2D eigenvalue weighted by Crippen LogP contribution is 2.24. The Morgan fingerprint density at radius 3 is 2.44 bits per heavy atom. The fourth-order valence-electron chi connectivity index (χ4n) is 1.91. The topological polar surface area (TPSA) is 41.5 Å². The molecule has 0 bridgehead atoms. The second-order valence-corrected chi connectivity index (χ2v) is 5.26. The van der Waals surface area contributed by atoms with Gasteiger partial charge in [-0.15, -0.1) is 0 Å². The number of rotatable bonds is 6. The summed E-state index contributed by atoms with van der Waals surface area (Å²) < 4.78 is 5.22. The molecule has 2 unspecified atom stereocenters. The minimum Gasteiger partial charge on any atom is -0.496 e. The van der Waals surface area contributed by atoms with E-state index < -0.39 is 6.10 Å². The van der Waals surface area contributed by atoms with Gasteiger partial charge in [-0.25, -0.2) is 0 Å². The molecule has 0 saturated carbocycles. The normalized spacial score (nSPS) is 14.6. The van der Waals surface area contributed by atoms with Crippen molar-refractivity contribution in [3.63, 3.8) is 0 Å². The van der Waals surface area contributed by atoms with E-state index in [1.807, 2.05) is 32.0 Å². The van der Waals surface area contributed by atoms with Gasteiger partial charge in [0, 0.05) is 6.04 Å². The third-order valence-electron chi connectivity index (χ3n) is 3.08. The van der Waals surface area contributed by atoms with Gasteiger partial charge in [0.15, 0.2) is 0 Å². The molecule has 0 fully saturated rings. The third kappa shape index (κ3) is 4.00. The van der Waals surface area contributed by atoms with Gasteiger partial charge in [0.05, 0.1) is 13.2 Å². The molecule has 3 nitrogen and oxygen atoms in total. The molecule has 1 rings (SSSR count). The molecule has 0 amide bonds. The van der Waals surface area contributed by atoms with E-state index in [-0.39, 0.29) is 6.04 Å². The Kier molecular flexibility index (Phi) is 5.63. The number of nitrogens with one attached hydrogen (secondary N) is 1. The molecule has 1 aromatic rings. The van der Waals surface area contributed by atoms with E-state index in [2.05, 4.69) is 19.2 Å². The van der Waals surface area contributed by atoms with Crippen molar-refractivity contribution in [3.8, 4) is 5.75 Å². The lowest BCUT2D eigenvalue weighted by atomic mass is 10.0. The maximum Gasteiger partial charge on any atom is 0.121 e. The fourth-order valence-corrected chi connectivity index (χ4v) is 1.91. The van der Waals surface area contributed by atoms with Crippen molar-refractivity contribution in [1.82, 2.24) is 5.32 Å². The smallest absolute Gasteiger partial charge is 0.121 e. The number of aryl methyl sites for hydroxylation is 1. The molecule has 0 aliphatic carbocycles. The first-order valence-corrected chi connectivity index (χ1v) is 6.51. The van der Waals surface area contributed by atoms with Gasteiger partial charge >= 0.3 is 0 Å². The van der Waals surface area contributed by atoms with Gasteiger partial charge in [-0.1, -0.05) is 19.9 Å². The number of hydrogen-bond acceptors (Lipinski definition) is 3. The first-order valence-electron chi connectivity index (χ1n) is 6.51. The molecule has 2 N–H and O–H groups in total. The molecule has 0 aliphatic heterocycles. The molecular weight excluding hydrogens is 226 g/mol. The average molecular weight is 251 g/mol. The maximum atomic E-state index is 10.3. The third-order valence-corrected chi connectivity index (χ3v) is 3.08. The predicted octanol–water partition coefficient (Wildman–Crippen LogP) is 2.67. The van der Waals surface area contributed by atoms with Crippen molar-refractivity contribution in [3.05, 3.63) is 29.3 Å². The number of hydrogen-bond donors (Lipinski definition) is 2. The van der Waals surface area contributed by atoms with Crippen molar-refractivity contribution < 1.29 is 9.84 Å². The van der Waals surface area contributed by atoms with Crippen LogP contribution in [-0.4, -0.2) is 24.8 Å². The van der Waals surface area contributed by atoms with Crippen molar-refractivity contribution >= 4 is 0 Å². The second kappa shape index (κ2) is 6.76. The van der Waals surface area contributed by atoms with E-state index in [0.29, 0.717) is 5.92 Å². The lowest BCUT2D eigenvalue weighted by molar-refractivity contribution is 0.134. The molecule has 102 valence electrons. The molecule has 0 radical (unpaired) electrons. The molecule has 0 saturated heterocycles. The largest absolute Gasteiger partial charge is 0.496 e. The zero-order chi connectivity index (χ0) is 13.7. The fraction of sp³-hybridized carbons (Fsp3) is 0.600. The maximum absolute atomic E-state index is 10.3. The number of aliphatic hydroxyl groups is 1. The van der Waals surface area contributed by atoms with Crippen molar-refractivity contribution in [2.45, 2.75) is 39.8 Å². The Bertz CT molecular complexity index is 377. The van der Waals surface area contributed by atoms with Crippen LogP contribution in [0.5, 0.6) is 5.75 Å². The lowest BCUT2D eigenvalue weighted by Gasteiger charge is -2.22. The molecule has 0 heterocycles. The molecule has 1 aromatic carbocycles. The van der Waals surface area contributed by atoms with Crippen LogP contribution < -0.4 is 10.1 Å². The summed E-state index contributed by atoms with van der Waals surface area (Å²) in [7, 11) is 1.66. The van der Waals surface area contributed by atoms with Crippen molar-refractivity contribution in [2.24, 2.45) is 5.92 Å². The minimum atomic E-state index is -0.492. The zero-order valence-electron chi connectivity index (χ0n) is 12.0. The first-order chi connectivity index (χ1) is 8.45. The summed E-state index contributed by atoms with van der Waals surface area (Å²) in [5.74, 6) is 1.44. The van der Waals surface area contributed by atoms with E-state index in [4.69, 9.17) is 4.74 Å². The predicted molar refractivity (Wildman–Crippen MR) is 75.0 cm³/mol. The summed E-state index contributed by atoms with van der Waals surface area (Å²) >= 11 is 0. The standard InChI is InChI=1S/C15H25NO2/c1-10(2)9-16-12(4)15(17)13-6-7-14(18-5)11(3)8-13/h6-8,10,12,15-17H,9H2,1-5H3. The van der Waals surface area contributed by atoms with Crippen LogP contribution in [0.1, 0.15) is 38.0 Å². The SMILES string of the molecule is COc1ccc(C(O)C(C)NCC(C)C)cc1C. The summed E-state index contributed by atoms with van der Waals surface area (Å²) in [6.45, 7) is 9.22. The minimum absolute atomic E-state index is 0.0418. The molecule has 2 atom stereocenters. The summed E-state index contributed by atoms with van der Waals surface area (Å²) in [6.07, 6.45) is -0.492. The average Bonchev–Trinajstić information content (AvgIpc) is 2.34. The van der Waals surface area contributed by atoms with Crippen LogP contribution in [0.15, 0.2) is 18.2 Å². The summed E-state index contributed by atoms with van der Waals surface area (Å²) in [5.41, 5.74) is 1.97. The monoisotopic (exact) mass is 251 g/mol. The van der Waals surface area contributed by atoms with Crippen molar-refractivity contribution in [2.75, 3.05) is 13.7 Å². The van der Waals surface area contributed by atoms with E-state index in [1.165, 1.54) is 0 Å². The van der Waals surface area contributed by atoms with Crippen LogP contribution in [0.4, 0.5) is 0 Å². The van der Waals surface area contributed by atoms with E-state index >= 15 is 0 Å². The quantitative estimate of drug-likeness (QED) is 0.816. The Labute approximate surface area is 110 Å². The Morgan fingerprint density at radius 1 is 1.28 bits per heavy atom. The molecule has 0 aliphatic rings. The summed E-state index contributed by atoms with van der Waals surface area (Å²) in [5, 5.41) is 13.6. The Balaban J connectivity index is 2.71. The van der Waals surface area contributed by atoms with Gasteiger partial charge < -0.3 is 15.2 Å². The second-order valence-electron chi connectivity index (χ2n) is 5.26. The highest BCUT2D eigenvalue weighted by Gasteiger charge is 2.16. The van der Waals surface area contributed by atoms with E-state index in [1.54, 1.807) is 7.11 Å². The Hall–Kier alpha value is -1.06. The highest BCUT2D eigenvalue weighted by atomic mass is 16.5. The van der Waals surface area contributed by atoms with Gasteiger partial charge in [0.2, 0.25) is 0 Å². The molecule has 0 aromatic heterocycles. The van der Waals surface area contributed by atoms with Gasteiger partial charge in [-0.05, 0) is 49.6 Å². The Morgan fingerprint density at radius 2 is 1.94 bits per heavy atom. The number of methoxy groups -OCH3 is 1. The molecule has 0 spiro atoms. The summed E-state index contributed by atoms with van der Waals surface area (Å²) in [4.78, 5) is 0. The van der Waals surface area contributed by atoms with E-state index in [9.17, 15) is 5.11 Å². The first kappa shape index (κ1) is 15.0. The van der Waals surface area contributed by atoms with Crippen LogP contribution in [0, 0.1) is 12.8 Å². The number of aliphatic hydroxyl groups excluding tert-OH is 1.